The van der Waals surface area contributed by atoms with Crippen LogP contribution in [0, 0.1) is 0 Å². The number of ether oxygens (including phenoxy) is 2. The van der Waals surface area contributed by atoms with Crippen molar-refractivity contribution in [3.63, 3.8) is 0 Å². The van der Waals surface area contributed by atoms with E-state index in [4.69, 9.17) is 9.47 Å². The summed E-state index contributed by atoms with van der Waals surface area (Å²) < 4.78 is 10.1. The highest BCUT2D eigenvalue weighted by atomic mass is 16.6. The summed E-state index contributed by atoms with van der Waals surface area (Å²) in [6.07, 6.45) is 1.58. The highest BCUT2D eigenvalue weighted by Crippen LogP contribution is 2.18. The molecule has 0 N–H and O–H groups in total. The number of carbonyl (C=O) groups is 2. The predicted octanol–water partition coefficient (Wildman–Crippen LogP) is 2.07. The topological polar surface area (TPSA) is 55.8 Å². The summed E-state index contributed by atoms with van der Waals surface area (Å²) in [5, 5.41) is 0. The van der Waals surface area contributed by atoms with Crippen LogP contribution in [0.3, 0.4) is 0 Å². The van der Waals surface area contributed by atoms with Crippen molar-refractivity contribution in [3.8, 4) is 0 Å². The summed E-state index contributed by atoms with van der Waals surface area (Å²) in [6, 6.07) is 0. The average Bonchev–Trinajstić information content (AvgIpc) is 2.63. The van der Waals surface area contributed by atoms with Gasteiger partial charge in [0, 0.05) is 12.7 Å². The second-order valence-electron chi connectivity index (χ2n) is 4.80. The molecule has 0 radical (unpaired) electrons. The minimum atomic E-state index is -0.530. The summed E-state index contributed by atoms with van der Waals surface area (Å²) in [6.45, 7) is 7.95. The summed E-state index contributed by atoms with van der Waals surface area (Å²) >= 11 is 0. The zero-order valence-corrected chi connectivity index (χ0v) is 10.8. The molecule has 1 aliphatic heterocycles. The highest BCUT2D eigenvalue weighted by Gasteiger charge is 2.27. The van der Waals surface area contributed by atoms with Crippen molar-refractivity contribution in [3.05, 3.63) is 11.8 Å². The molecule has 1 rings (SSSR count). The number of carbonyl (C=O) groups excluding carboxylic acids is 2. The van der Waals surface area contributed by atoms with E-state index in [-0.39, 0.29) is 5.97 Å². The van der Waals surface area contributed by atoms with Gasteiger partial charge >= 0.3 is 12.1 Å². The maximum Gasteiger partial charge on any atom is 0.414 e. The Labute approximate surface area is 101 Å². The van der Waals surface area contributed by atoms with Crippen LogP contribution in [-0.2, 0) is 14.3 Å². The Morgan fingerprint density at radius 2 is 2.06 bits per heavy atom. The van der Waals surface area contributed by atoms with Crippen molar-refractivity contribution in [1.82, 2.24) is 4.90 Å². The van der Waals surface area contributed by atoms with Gasteiger partial charge in [-0.1, -0.05) is 0 Å². The monoisotopic (exact) mass is 241 g/mol. The van der Waals surface area contributed by atoms with E-state index in [0.717, 1.165) is 0 Å². The average molecular weight is 241 g/mol. The lowest BCUT2D eigenvalue weighted by atomic mass is 10.2. The van der Waals surface area contributed by atoms with Gasteiger partial charge in [-0.05, 0) is 34.1 Å². The Morgan fingerprint density at radius 3 is 2.59 bits per heavy atom. The van der Waals surface area contributed by atoms with Gasteiger partial charge in [0.05, 0.1) is 12.2 Å². The molecule has 0 saturated heterocycles. The molecular formula is C12H19NO4. The van der Waals surface area contributed by atoms with Crippen molar-refractivity contribution >= 4 is 12.1 Å². The highest BCUT2D eigenvalue weighted by molar-refractivity contribution is 5.90. The van der Waals surface area contributed by atoms with E-state index < -0.39 is 11.7 Å². The van der Waals surface area contributed by atoms with Crippen molar-refractivity contribution < 1.29 is 19.1 Å². The van der Waals surface area contributed by atoms with Crippen LogP contribution in [-0.4, -0.2) is 35.7 Å². The molecule has 0 unspecified atom stereocenters. The van der Waals surface area contributed by atoms with E-state index in [1.165, 1.54) is 11.1 Å². The van der Waals surface area contributed by atoms with Gasteiger partial charge in [0.25, 0.3) is 0 Å². The van der Waals surface area contributed by atoms with E-state index in [2.05, 4.69) is 0 Å². The number of hydrogen-bond acceptors (Lipinski definition) is 4. The van der Waals surface area contributed by atoms with E-state index in [1.807, 2.05) is 0 Å². The largest absolute Gasteiger partial charge is 0.463 e. The van der Waals surface area contributed by atoms with E-state index >= 15 is 0 Å². The smallest absolute Gasteiger partial charge is 0.414 e. The van der Waals surface area contributed by atoms with Crippen molar-refractivity contribution in [2.75, 3.05) is 13.2 Å². The van der Waals surface area contributed by atoms with Crippen LogP contribution in [0.15, 0.2) is 11.8 Å². The third-order valence-electron chi connectivity index (χ3n) is 2.10. The second kappa shape index (κ2) is 5.21. The summed E-state index contributed by atoms with van der Waals surface area (Å²) in [5.41, 5.74) is -0.0184. The molecule has 17 heavy (non-hydrogen) atoms. The van der Waals surface area contributed by atoms with E-state index in [0.29, 0.717) is 25.1 Å². The van der Waals surface area contributed by atoms with Gasteiger partial charge in [-0.15, -0.1) is 0 Å². The Balaban J connectivity index is 2.59. The molecule has 5 heteroatoms. The van der Waals surface area contributed by atoms with Gasteiger partial charge in [0.1, 0.15) is 5.60 Å². The molecule has 0 atom stereocenters. The summed E-state index contributed by atoms with van der Waals surface area (Å²) in [5.74, 6) is -0.362. The molecule has 0 aromatic rings. The maximum atomic E-state index is 11.7. The minimum Gasteiger partial charge on any atom is -0.463 e. The Morgan fingerprint density at radius 1 is 1.41 bits per heavy atom. The number of hydrogen-bond donors (Lipinski definition) is 0. The maximum absolute atomic E-state index is 11.7. The SMILES string of the molecule is CCOC(=O)C1=CN(C(=O)OC(C)(C)C)CC1. The van der Waals surface area contributed by atoms with Gasteiger partial charge in [-0.2, -0.15) is 0 Å². The van der Waals surface area contributed by atoms with Gasteiger partial charge < -0.3 is 9.47 Å². The first-order valence-electron chi connectivity index (χ1n) is 5.71. The molecule has 0 fully saturated rings. The Kier molecular flexibility index (Phi) is 4.15. The van der Waals surface area contributed by atoms with Crippen molar-refractivity contribution in [2.45, 2.75) is 39.7 Å². The van der Waals surface area contributed by atoms with Crippen LogP contribution < -0.4 is 0 Å². The standard InChI is InChI=1S/C12H19NO4/c1-5-16-10(14)9-6-7-13(8-9)11(15)17-12(2,3)4/h8H,5-7H2,1-4H3. The quantitative estimate of drug-likeness (QED) is 0.694. The molecule has 0 saturated carbocycles. The lowest BCUT2D eigenvalue weighted by molar-refractivity contribution is -0.138. The second-order valence-corrected chi connectivity index (χ2v) is 4.80. The van der Waals surface area contributed by atoms with Crippen LogP contribution in [0.1, 0.15) is 34.1 Å². The van der Waals surface area contributed by atoms with E-state index in [9.17, 15) is 9.59 Å². The molecule has 5 nitrogen and oxygen atoms in total. The molecule has 0 spiro atoms. The number of nitrogens with zero attached hydrogens (tertiary/aromatic N) is 1. The first-order chi connectivity index (χ1) is 7.83. The summed E-state index contributed by atoms with van der Waals surface area (Å²) in [7, 11) is 0. The first-order valence-corrected chi connectivity index (χ1v) is 5.71. The minimum absolute atomic E-state index is 0.336. The van der Waals surface area contributed by atoms with Gasteiger partial charge in [-0.25, -0.2) is 9.59 Å². The third kappa shape index (κ3) is 4.09. The van der Waals surface area contributed by atoms with Gasteiger partial charge in [0.15, 0.2) is 0 Å². The molecular weight excluding hydrogens is 222 g/mol. The molecule has 0 bridgehead atoms. The van der Waals surface area contributed by atoms with Crippen LogP contribution in [0.4, 0.5) is 4.79 Å². The Hall–Kier alpha value is -1.52. The lowest BCUT2D eigenvalue weighted by Crippen LogP contribution is -2.32. The van der Waals surface area contributed by atoms with Crippen molar-refractivity contribution in [2.24, 2.45) is 0 Å². The molecule has 1 heterocycles. The molecule has 0 aromatic carbocycles. The van der Waals surface area contributed by atoms with Gasteiger partial charge in [0.2, 0.25) is 0 Å². The summed E-state index contributed by atoms with van der Waals surface area (Å²) in [4.78, 5) is 24.5. The fourth-order valence-corrected chi connectivity index (χ4v) is 1.40. The lowest BCUT2D eigenvalue weighted by Gasteiger charge is -2.23. The van der Waals surface area contributed by atoms with Crippen LogP contribution in [0.2, 0.25) is 0 Å². The number of rotatable bonds is 2. The van der Waals surface area contributed by atoms with Crippen LogP contribution in [0.5, 0.6) is 0 Å². The predicted molar refractivity (Wildman–Crippen MR) is 62.3 cm³/mol. The molecule has 0 aromatic heterocycles. The van der Waals surface area contributed by atoms with Crippen LogP contribution in [0.25, 0.3) is 0 Å². The van der Waals surface area contributed by atoms with Crippen molar-refractivity contribution in [1.29, 1.82) is 0 Å². The van der Waals surface area contributed by atoms with E-state index in [1.54, 1.807) is 27.7 Å². The number of amides is 1. The fraction of sp³-hybridized carbons (Fsp3) is 0.667. The Bertz CT molecular complexity index is 341. The molecule has 0 aliphatic carbocycles. The first kappa shape index (κ1) is 13.5. The number of esters is 1. The van der Waals surface area contributed by atoms with Gasteiger partial charge in [-0.3, -0.25) is 4.90 Å². The normalized spacial score (nSPS) is 15.5. The molecule has 1 aliphatic rings. The third-order valence-corrected chi connectivity index (χ3v) is 2.10. The molecule has 1 amide bonds. The molecule has 96 valence electrons. The van der Waals surface area contributed by atoms with Crippen LogP contribution >= 0.6 is 0 Å². The zero-order valence-electron chi connectivity index (χ0n) is 10.8. The zero-order chi connectivity index (χ0) is 13.1. The fourth-order valence-electron chi connectivity index (χ4n) is 1.40.